The zero-order chi connectivity index (χ0) is 16.5. The molecule has 112 valence electrons. The van der Waals surface area contributed by atoms with Crippen LogP contribution in [0.4, 0.5) is 0 Å². The van der Waals surface area contributed by atoms with Gasteiger partial charge in [-0.3, -0.25) is 0 Å². The number of terminal acetylenes is 1. The van der Waals surface area contributed by atoms with Gasteiger partial charge in [0.2, 0.25) is 0 Å². The van der Waals surface area contributed by atoms with Gasteiger partial charge in [0.1, 0.15) is 0 Å². The monoisotopic (exact) mass is 274 g/mol. The van der Waals surface area contributed by atoms with Gasteiger partial charge in [-0.05, 0) is 0 Å². The highest BCUT2D eigenvalue weighted by molar-refractivity contribution is 5.05. The van der Waals surface area contributed by atoms with Crippen molar-refractivity contribution in [3.8, 4) is 12.8 Å². The zero-order valence-electron chi connectivity index (χ0n) is 12.9. The fraction of sp³-hybridized carbons (Fsp3) is 0.222. The maximum absolute atomic E-state index is 4.90. The SMILES string of the molecule is C#C.C=C/C=C\C=C.CC.NCCN.c1ccccc1. The molecule has 1 aromatic carbocycles. The lowest BCUT2D eigenvalue weighted by Crippen LogP contribution is -2.11. The molecular weight excluding hydrogens is 244 g/mol. The van der Waals surface area contributed by atoms with Crippen molar-refractivity contribution in [3.05, 3.63) is 73.9 Å². The van der Waals surface area contributed by atoms with Crippen molar-refractivity contribution >= 4 is 0 Å². The summed E-state index contributed by atoms with van der Waals surface area (Å²) < 4.78 is 0. The predicted octanol–water partition coefficient (Wildman–Crippen LogP) is 3.78. The van der Waals surface area contributed by atoms with Crippen LogP contribution in [0.5, 0.6) is 0 Å². The van der Waals surface area contributed by atoms with E-state index in [1.807, 2.05) is 62.4 Å². The predicted molar refractivity (Wildman–Crippen MR) is 95.3 cm³/mol. The van der Waals surface area contributed by atoms with Crippen LogP contribution in [-0.2, 0) is 0 Å². The van der Waals surface area contributed by atoms with E-state index in [0.717, 1.165) is 0 Å². The van der Waals surface area contributed by atoms with Gasteiger partial charge in [-0.25, -0.2) is 0 Å². The van der Waals surface area contributed by atoms with Gasteiger partial charge in [-0.15, -0.1) is 12.8 Å². The second-order valence-corrected chi connectivity index (χ2v) is 2.59. The summed E-state index contributed by atoms with van der Waals surface area (Å²) in [5, 5.41) is 0. The topological polar surface area (TPSA) is 52.0 Å². The number of allylic oxidation sites excluding steroid dienone is 4. The molecule has 0 aromatic heterocycles. The van der Waals surface area contributed by atoms with E-state index in [0.29, 0.717) is 13.1 Å². The number of rotatable bonds is 3. The van der Waals surface area contributed by atoms with Gasteiger partial charge in [-0.1, -0.05) is 87.7 Å². The number of nitrogens with two attached hydrogens (primary N) is 2. The first-order chi connectivity index (χ1) is 9.83. The molecule has 0 bridgehead atoms. The summed E-state index contributed by atoms with van der Waals surface area (Å²) in [7, 11) is 0. The Morgan fingerprint density at radius 3 is 1.05 bits per heavy atom. The van der Waals surface area contributed by atoms with Crippen LogP contribution in [0, 0.1) is 12.8 Å². The molecule has 0 radical (unpaired) electrons. The van der Waals surface area contributed by atoms with Gasteiger partial charge in [0.05, 0.1) is 0 Å². The number of hydrogen-bond donors (Lipinski definition) is 2. The summed E-state index contributed by atoms with van der Waals surface area (Å²) in [6.45, 7) is 12.1. The molecule has 0 aliphatic rings. The molecule has 1 rings (SSSR count). The molecule has 0 amide bonds. The maximum atomic E-state index is 4.90. The Morgan fingerprint density at radius 2 is 0.950 bits per heavy atom. The quantitative estimate of drug-likeness (QED) is 0.651. The van der Waals surface area contributed by atoms with Crippen LogP contribution in [0.3, 0.4) is 0 Å². The summed E-state index contributed by atoms with van der Waals surface area (Å²) in [6, 6.07) is 12.0. The van der Waals surface area contributed by atoms with E-state index < -0.39 is 0 Å². The fourth-order valence-electron chi connectivity index (χ4n) is 0.542. The first-order valence-electron chi connectivity index (χ1n) is 6.47. The summed E-state index contributed by atoms with van der Waals surface area (Å²) in [6.07, 6.45) is 15.1. The molecule has 2 nitrogen and oxygen atoms in total. The standard InChI is InChI=1S/C6H6.C6H8.C2H8N2.C2H6.C2H2/c1-2-4-6-5-3-1;1-3-5-6-4-2;3-1-2-4;2*1-2/h1-6H;3-6H,1-2H2;1-4H2;1-2H3;1-2H/b;6-5-;;;. The Bertz CT molecular complexity index is 248. The van der Waals surface area contributed by atoms with Crippen LogP contribution in [0.2, 0.25) is 0 Å². The Kier molecular flexibility index (Phi) is 57.7. The lowest BCUT2D eigenvalue weighted by molar-refractivity contribution is 0.976. The van der Waals surface area contributed by atoms with E-state index in [1.165, 1.54) is 0 Å². The molecule has 20 heavy (non-hydrogen) atoms. The molecule has 0 saturated heterocycles. The van der Waals surface area contributed by atoms with E-state index in [-0.39, 0.29) is 0 Å². The number of hydrogen-bond acceptors (Lipinski definition) is 2. The average molecular weight is 274 g/mol. The molecule has 1 aromatic rings. The van der Waals surface area contributed by atoms with E-state index in [9.17, 15) is 0 Å². The van der Waals surface area contributed by atoms with Crippen molar-refractivity contribution in [3.63, 3.8) is 0 Å². The molecular formula is C18H30N2. The van der Waals surface area contributed by atoms with Gasteiger partial charge >= 0.3 is 0 Å². The van der Waals surface area contributed by atoms with Gasteiger partial charge in [0.25, 0.3) is 0 Å². The van der Waals surface area contributed by atoms with E-state index >= 15 is 0 Å². The molecule has 0 atom stereocenters. The Hall–Kier alpha value is -2.08. The normalized spacial score (nSPS) is 6.90. The van der Waals surface area contributed by atoms with Gasteiger partial charge in [0.15, 0.2) is 0 Å². The van der Waals surface area contributed by atoms with Crippen molar-refractivity contribution in [2.45, 2.75) is 13.8 Å². The molecule has 0 heterocycles. The second kappa shape index (κ2) is 43.6. The fourth-order valence-corrected chi connectivity index (χ4v) is 0.542. The van der Waals surface area contributed by atoms with E-state index in [4.69, 9.17) is 11.5 Å². The average Bonchev–Trinajstić information content (AvgIpc) is 2.59. The zero-order valence-corrected chi connectivity index (χ0v) is 12.9. The van der Waals surface area contributed by atoms with Crippen LogP contribution < -0.4 is 11.5 Å². The van der Waals surface area contributed by atoms with Crippen LogP contribution >= 0.6 is 0 Å². The molecule has 0 spiro atoms. The Morgan fingerprint density at radius 1 is 0.750 bits per heavy atom. The first-order valence-corrected chi connectivity index (χ1v) is 6.47. The Labute approximate surface area is 125 Å². The summed E-state index contributed by atoms with van der Waals surface area (Å²) in [4.78, 5) is 0. The highest BCUT2D eigenvalue weighted by Gasteiger charge is 1.57. The third-order valence-corrected chi connectivity index (χ3v) is 1.22. The molecule has 0 unspecified atom stereocenters. The summed E-state index contributed by atoms with van der Waals surface area (Å²) in [5.41, 5.74) is 9.81. The van der Waals surface area contributed by atoms with Crippen molar-refractivity contribution < 1.29 is 0 Å². The van der Waals surface area contributed by atoms with Crippen molar-refractivity contribution in [2.24, 2.45) is 11.5 Å². The highest BCUT2D eigenvalue weighted by Crippen LogP contribution is 1.79. The molecule has 4 N–H and O–H groups in total. The van der Waals surface area contributed by atoms with Crippen LogP contribution in [0.25, 0.3) is 0 Å². The van der Waals surface area contributed by atoms with Crippen molar-refractivity contribution in [1.29, 1.82) is 0 Å². The third kappa shape index (κ3) is 56.5. The third-order valence-electron chi connectivity index (χ3n) is 1.22. The smallest absolute Gasteiger partial charge is 0.00461 e. The lowest BCUT2D eigenvalue weighted by atomic mass is 10.4. The van der Waals surface area contributed by atoms with Crippen molar-refractivity contribution in [1.82, 2.24) is 0 Å². The minimum Gasteiger partial charge on any atom is -0.329 e. The van der Waals surface area contributed by atoms with Crippen molar-refractivity contribution in [2.75, 3.05) is 13.1 Å². The minimum absolute atomic E-state index is 0.597. The van der Waals surface area contributed by atoms with Crippen LogP contribution in [0.1, 0.15) is 13.8 Å². The largest absolute Gasteiger partial charge is 0.329 e. The number of benzene rings is 1. The molecule has 2 heteroatoms. The molecule has 0 fully saturated rings. The van der Waals surface area contributed by atoms with Gasteiger partial charge in [0, 0.05) is 13.1 Å². The summed E-state index contributed by atoms with van der Waals surface area (Å²) in [5.74, 6) is 0. The van der Waals surface area contributed by atoms with Crippen LogP contribution in [0.15, 0.2) is 73.9 Å². The molecule has 0 aliphatic heterocycles. The van der Waals surface area contributed by atoms with Gasteiger partial charge < -0.3 is 11.5 Å². The van der Waals surface area contributed by atoms with E-state index in [2.05, 4.69) is 26.0 Å². The second-order valence-electron chi connectivity index (χ2n) is 2.59. The van der Waals surface area contributed by atoms with E-state index in [1.54, 1.807) is 12.2 Å². The first kappa shape index (κ1) is 26.5. The summed E-state index contributed by atoms with van der Waals surface area (Å²) >= 11 is 0. The lowest BCUT2D eigenvalue weighted by Gasteiger charge is -1.72. The Balaban J connectivity index is -0.0000000867. The maximum Gasteiger partial charge on any atom is 0.00461 e. The highest BCUT2D eigenvalue weighted by atomic mass is 14.6. The van der Waals surface area contributed by atoms with Gasteiger partial charge in [-0.2, -0.15) is 0 Å². The van der Waals surface area contributed by atoms with Crippen LogP contribution in [-0.4, -0.2) is 13.1 Å². The molecule has 0 saturated carbocycles. The molecule has 0 aliphatic carbocycles. The minimum atomic E-state index is 0.597.